The SMILES string of the molecule is CSc1nc(N)c2c(n1)C1(CN(C(=O)OC(C)(C)C)C1)C(=O)N2. The third-order valence-electron chi connectivity index (χ3n) is 3.80. The molecule has 0 saturated carbocycles. The van der Waals surface area contributed by atoms with E-state index < -0.39 is 17.1 Å². The lowest BCUT2D eigenvalue weighted by atomic mass is 9.77. The van der Waals surface area contributed by atoms with Crippen LogP contribution in [0.5, 0.6) is 0 Å². The van der Waals surface area contributed by atoms with Crippen molar-refractivity contribution in [2.24, 2.45) is 0 Å². The van der Waals surface area contributed by atoms with Crippen LogP contribution in [0.2, 0.25) is 0 Å². The van der Waals surface area contributed by atoms with Crippen molar-refractivity contribution in [3.05, 3.63) is 5.69 Å². The molecule has 0 radical (unpaired) electrons. The van der Waals surface area contributed by atoms with Gasteiger partial charge in [0.2, 0.25) is 5.91 Å². The monoisotopic (exact) mass is 337 g/mol. The summed E-state index contributed by atoms with van der Waals surface area (Å²) in [7, 11) is 0. The zero-order valence-corrected chi connectivity index (χ0v) is 14.3. The zero-order valence-electron chi connectivity index (χ0n) is 13.5. The molecule has 0 unspecified atom stereocenters. The Hall–Kier alpha value is -2.03. The number of likely N-dealkylation sites (tertiary alicyclic amines) is 1. The molecule has 1 saturated heterocycles. The van der Waals surface area contributed by atoms with Gasteiger partial charge in [-0.15, -0.1) is 0 Å². The van der Waals surface area contributed by atoms with Crippen LogP contribution in [0, 0.1) is 0 Å². The van der Waals surface area contributed by atoms with Crippen LogP contribution in [0.4, 0.5) is 16.3 Å². The molecule has 0 aliphatic carbocycles. The lowest BCUT2D eigenvalue weighted by molar-refractivity contribution is -0.126. The van der Waals surface area contributed by atoms with Crippen molar-refractivity contribution >= 4 is 35.3 Å². The van der Waals surface area contributed by atoms with Crippen molar-refractivity contribution < 1.29 is 14.3 Å². The van der Waals surface area contributed by atoms with Gasteiger partial charge < -0.3 is 20.7 Å². The second-order valence-electron chi connectivity index (χ2n) is 6.69. The summed E-state index contributed by atoms with van der Waals surface area (Å²) < 4.78 is 5.33. The van der Waals surface area contributed by atoms with Gasteiger partial charge in [-0.2, -0.15) is 0 Å². The first-order chi connectivity index (χ1) is 10.7. The molecule has 8 nitrogen and oxygen atoms in total. The third-order valence-corrected chi connectivity index (χ3v) is 4.35. The molecule has 9 heteroatoms. The first-order valence-electron chi connectivity index (χ1n) is 7.18. The topological polar surface area (TPSA) is 110 Å². The van der Waals surface area contributed by atoms with Crippen LogP contribution in [0.1, 0.15) is 26.5 Å². The highest BCUT2D eigenvalue weighted by Gasteiger charge is 2.59. The Morgan fingerprint density at radius 2 is 2.04 bits per heavy atom. The summed E-state index contributed by atoms with van der Waals surface area (Å²) in [6, 6.07) is 0. The molecule has 124 valence electrons. The molecule has 1 spiro atoms. The maximum absolute atomic E-state index is 12.4. The lowest BCUT2D eigenvalue weighted by Crippen LogP contribution is -2.65. The number of hydrogen-bond acceptors (Lipinski definition) is 7. The number of fused-ring (bicyclic) bond motifs is 2. The number of nitrogens with zero attached hydrogens (tertiary/aromatic N) is 3. The fourth-order valence-corrected chi connectivity index (χ4v) is 3.08. The predicted octanol–water partition coefficient (Wildman–Crippen LogP) is 1.22. The van der Waals surface area contributed by atoms with Gasteiger partial charge in [-0.05, 0) is 27.0 Å². The quantitative estimate of drug-likeness (QED) is 0.585. The van der Waals surface area contributed by atoms with E-state index in [4.69, 9.17) is 10.5 Å². The number of nitrogen functional groups attached to an aromatic ring is 1. The number of nitrogens with one attached hydrogen (secondary N) is 1. The van der Waals surface area contributed by atoms with Crippen LogP contribution < -0.4 is 11.1 Å². The van der Waals surface area contributed by atoms with E-state index in [0.717, 1.165) is 0 Å². The van der Waals surface area contributed by atoms with Crippen molar-refractivity contribution in [2.45, 2.75) is 36.9 Å². The summed E-state index contributed by atoms with van der Waals surface area (Å²) in [5, 5.41) is 3.25. The lowest BCUT2D eigenvalue weighted by Gasteiger charge is -2.45. The van der Waals surface area contributed by atoms with Gasteiger partial charge in [0.15, 0.2) is 11.0 Å². The minimum Gasteiger partial charge on any atom is -0.444 e. The molecule has 2 aliphatic rings. The number of rotatable bonds is 1. The number of carbonyl (C=O) groups excluding carboxylic acids is 2. The Labute approximate surface area is 138 Å². The van der Waals surface area contributed by atoms with E-state index in [2.05, 4.69) is 15.3 Å². The van der Waals surface area contributed by atoms with Gasteiger partial charge in [-0.25, -0.2) is 14.8 Å². The standard InChI is InChI=1S/C14H19N5O3S/c1-13(2,3)22-12(21)19-5-14(6-19)8-7(16-10(14)20)9(15)18-11(17-8)23-4/h5-6H2,1-4H3,(H,16,20)(H2,15,17,18). The molecule has 0 bridgehead atoms. The van der Waals surface area contributed by atoms with E-state index in [-0.39, 0.29) is 24.8 Å². The molecule has 3 rings (SSSR count). The van der Waals surface area contributed by atoms with Crippen LogP contribution in [0.25, 0.3) is 0 Å². The van der Waals surface area contributed by atoms with Crippen molar-refractivity contribution in [2.75, 3.05) is 30.4 Å². The first kappa shape index (κ1) is 15.9. The molecule has 1 aromatic rings. The normalized spacial score (nSPS) is 18.4. The van der Waals surface area contributed by atoms with Gasteiger partial charge in [0.25, 0.3) is 0 Å². The van der Waals surface area contributed by atoms with Gasteiger partial charge in [-0.1, -0.05) is 11.8 Å². The smallest absolute Gasteiger partial charge is 0.410 e. The molecule has 0 aromatic carbocycles. The van der Waals surface area contributed by atoms with Crippen molar-refractivity contribution in [1.82, 2.24) is 14.9 Å². The molecule has 0 atom stereocenters. The van der Waals surface area contributed by atoms with E-state index in [1.54, 1.807) is 20.8 Å². The number of aromatic nitrogens is 2. The Morgan fingerprint density at radius 3 is 2.61 bits per heavy atom. The number of ether oxygens (including phenoxy) is 1. The summed E-state index contributed by atoms with van der Waals surface area (Å²) in [6.45, 7) is 5.86. The van der Waals surface area contributed by atoms with E-state index in [1.807, 2.05) is 6.26 Å². The Kier molecular flexibility index (Phi) is 3.44. The van der Waals surface area contributed by atoms with Gasteiger partial charge in [0.05, 0.1) is 5.69 Å². The highest BCUT2D eigenvalue weighted by Crippen LogP contribution is 2.45. The Bertz CT molecular complexity index is 694. The highest BCUT2D eigenvalue weighted by atomic mass is 32.2. The van der Waals surface area contributed by atoms with Crippen LogP contribution in [-0.2, 0) is 14.9 Å². The fraction of sp³-hybridized carbons (Fsp3) is 0.571. The highest BCUT2D eigenvalue weighted by molar-refractivity contribution is 7.98. The van der Waals surface area contributed by atoms with E-state index in [0.29, 0.717) is 16.5 Å². The number of nitrogens with two attached hydrogens (primary N) is 1. The van der Waals surface area contributed by atoms with Crippen LogP contribution in [0.15, 0.2) is 5.16 Å². The first-order valence-corrected chi connectivity index (χ1v) is 8.40. The van der Waals surface area contributed by atoms with Crippen LogP contribution in [0.3, 0.4) is 0 Å². The average Bonchev–Trinajstić information content (AvgIpc) is 2.67. The second kappa shape index (κ2) is 4.98. The van der Waals surface area contributed by atoms with Crippen molar-refractivity contribution in [3.63, 3.8) is 0 Å². The van der Waals surface area contributed by atoms with Gasteiger partial charge in [0.1, 0.15) is 16.7 Å². The van der Waals surface area contributed by atoms with Gasteiger partial charge in [-0.3, -0.25) is 4.79 Å². The van der Waals surface area contributed by atoms with E-state index in [1.165, 1.54) is 16.7 Å². The molecule has 3 heterocycles. The second-order valence-corrected chi connectivity index (χ2v) is 7.47. The summed E-state index contributed by atoms with van der Waals surface area (Å²) in [5.74, 6) is 0.0480. The molecule has 2 aliphatic heterocycles. The largest absolute Gasteiger partial charge is 0.444 e. The number of hydrogen-bond donors (Lipinski definition) is 2. The number of carbonyl (C=O) groups is 2. The molecule has 1 aromatic heterocycles. The third kappa shape index (κ3) is 2.48. The Balaban J connectivity index is 1.86. The summed E-state index contributed by atoms with van der Waals surface area (Å²) in [6.07, 6.45) is 1.41. The fourth-order valence-electron chi connectivity index (χ4n) is 2.71. The number of thioether (sulfide) groups is 1. The van der Waals surface area contributed by atoms with Crippen LogP contribution in [-0.4, -0.2) is 51.8 Å². The summed E-state index contributed by atoms with van der Waals surface area (Å²) in [4.78, 5) is 34.6. The molecule has 1 fully saturated rings. The van der Waals surface area contributed by atoms with Gasteiger partial charge in [0, 0.05) is 13.1 Å². The van der Waals surface area contributed by atoms with Crippen molar-refractivity contribution in [3.8, 4) is 0 Å². The molecule has 3 N–H and O–H groups in total. The van der Waals surface area contributed by atoms with E-state index in [9.17, 15) is 9.59 Å². The zero-order chi connectivity index (χ0) is 17.0. The van der Waals surface area contributed by atoms with Gasteiger partial charge >= 0.3 is 6.09 Å². The maximum Gasteiger partial charge on any atom is 0.410 e. The number of amides is 2. The number of anilines is 2. The van der Waals surface area contributed by atoms with Crippen LogP contribution >= 0.6 is 11.8 Å². The average molecular weight is 337 g/mol. The minimum absolute atomic E-state index is 0.202. The minimum atomic E-state index is -0.853. The molecular weight excluding hydrogens is 318 g/mol. The maximum atomic E-state index is 12.4. The Morgan fingerprint density at radius 1 is 1.39 bits per heavy atom. The summed E-state index contributed by atoms with van der Waals surface area (Å²) >= 11 is 1.35. The molecule has 2 amide bonds. The predicted molar refractivity (Wildman–Crippen MR) is 86.3 cm³/mol. The van der Waals surface area contributed by atoms with Crippen molar-refractivity contribution in [1.29, 1.82) is 0 Å². The molecular formula is C14H19N5O3S. The molecule has 23 heavy (non-hydrogen) atoms. The van der Waals surface area contributed by atoms with E-state index >= 15 is 0 Å². The summed E-state index contributed by atoms with van der Waals surface area (Å²) in [5.41, 5.74) is 5.50.